The maximum absolute atomic E-state index is 14.3. The number of rotatable bonds is 13. The Kier molecular flexibility index (Phi) is 13.2. The molecule has 2 atom stereocenters. The van der Waals surface area contributed by atoms with Crippen molar-refractivity contribution in [2.75, 3.05) is 0 Å². The minimum atomic E-state index is -6.73. The number of hydrogen-bond acceptors (Lipinski definition) is 2. The Bertz CT molecular complexity index is 3720. The van der Waals surface area contributed by atoms with Crippen molar-refractivity contribution in [3.63, 3.8) is 0 Å². The van der Waals surface area contributed by atoms with Crippen molar-refractivity contribution >= 4 is 78.4 Å². The number of nitrogens with one attached hydrogen (secondary N) is 2. The summed E-state index contributed by atoms with van der Waals surface area (Å²) in [4.78, 5) is 28.7. The van der Waals surface area contributed by atoms with E-state index in [2.05, 4.69) is 241 Å². The van der Waals surface area contributed by atoms with Crippen LogP contribution in [-0.2, 0) is 25.5 Å². The molecule has 369 valence electrons. The first-order valence-corrected chi connectivity index (χ1v) is 41.4. The molecule has 0 aromatic heterocycles. The number of carbonyl (C=O) groups is 2. The fraction of sp³-hybridized carbons (Fsp3) is 0.0882. The number of carbonyl (C=O) groups excluding carboxylic acids is 2. The summed E-state index contributed by atoms with van der Waals surface area (Å²) in [5.74, 6) is -0.513. The maximum atomic E-state index is 14.3. The van der Waals surface area contributed by atoms with E-state index in [0.29, 0.717) is 0 Å². The molecule has 2 amide bonds. The molecule has 2 aliphatic rings. The number of hydrogen-bond donors (Lipinski definition) is 2. The molecule has 2 N–H and O–H groups in total. The van der Waals surface area contributed by atoms with E-state index in [4.69, 9.17) is 0 Å². The van der Waals surface area contributed by atoms with Gasteiger partial charge in [0.15, 0.2) is 0 Å². The zero-order valence-corrected chi connectivity index (χ0v) is 47.4. The summed E-state index contributed by atoms with van der Waals surface area (Å²) in [7, 11) is 18.8. The molecule has 0 radical (unpaired) electrons. The Morgan fingerprint density at radius 3 is 1.12 bits per heavy atom. The monoisotopic (exact) mass is 1190 g/mol. The molecule has 0 spiro atoms. The van der Waals surface area contributed by atoms with Gasteiger partial charge in [0.1, 0.15) is 0 Å². The van der Waals surface area contributed by atoms with Crippen molar-refractivity contribution in [2.45, 2.75) is 34.0 Å². The summed E-state index contributed by atoms with van der Waals surface area (Å²) >= 11 is -6.73. The van der Waals surface area contributed by atoms with Crippen LogP contribution in [0.1, 0.15) is 67.4 Å². The van der Waals surface area contributed by atoms with E-state index in [-0.39, 0.29) is 24.7 Å². The molecule has 2 aliphatic carbocycles. The molecule has 10 aromatic carbocycles. The van der Waals surface area contributed by atoms with Gasteiger partial charge >= 0.3 is 457 Å². The summed E-state index contributed by atoms with van der Waals surface area (Å²) < 4.78 is -2.43. The topological polar surface area (TPSA) is 58.2 Å². The van der Waals surface area contributed by atoms with Crippen LogP contribution < -0.4 is 10.5 Å². The van der Waals surface area contributed by atoms with E-state index in [1.807, 2.05) is 26.0 Å². The average molecular weight is 1190 g/mol. The predicted molar refractivity (Wildman–Crippen MR) is 318 cm³/mol. The van der Waals surface area contributed by atoms with Crippen LogP contribution in [0, 0.1) is 0 Å². The van der Waals surface area contributed by atoms with Crippen LogP contribution in [0.4, 0.5) is 0 Å². The van der Waals surface area contributed by atoms with Gasteiger partial charge < -0.3 is 0 Å². The molecule has 4 nitrogen and oxygen atoms in total. The molecule has 2 unspecified atom stereocenters. The Morgan fingerprint density at radius 1 is 0.395 bits per heavy atom. The third-order valence-electron chi connectivity index (χ3n) is 15.8. The van der Waals surface area contributed by atoms with E-state index < -0.39 is 27.8 Å². The Hall–Kier alpha value is -7.34. The summed E-state index contributed by atoms with van der Waals surface area (Å²) in [6, 6.07) is 81.0. The van der Waals surface area contributed by atoms with Crippen LogP contribution >= 0.6 is 17.2 Å². The second-order valence-electron chi connectivity index (χ2n) is 20.1. The number of fused-ring (bicyclic) bond motifs is 4. The molecule has 76 heavy (non-hydrogen) atoms. The van der Waals surface area contributed by atoms with Gasteiger partial charge in [-0.05, 0) is 0 Å². The first-order chi connectivity index (χ1) is 37.2. The second kappa shape index (κ2) is 20.3. The van der Waals surface area contributed by atoms with Gasteiger partial charge in [0.25, 0.3) is 0 Å². The van der Waals surface area contributed by atoms with Crippen molar-refractivity contribution in [3.05, 3.63) is 264 Å². The standard InChI is InChI=1S/2C31H21.C6H11BN2O2.2ClH.Hf/c2*1-2-10-22(11-3-1)25-20-24-14-9-19-30(31(24)21-25)29-17-7-6-16-28(29)27-18-8-13-23-12-4-5-15-26(23)27;1-3-5(10)8-7-9-6(11)4-2;;;/h2*1-21H;3-4H2,1-2H3,(H-,8,9,10,11);2*1H;/q;;;;;+1/p-1. The van der Waals surface area contributed by atoms with E-state index in [0.717, 1.165) is 89.0 Å². The van der Waals surface area contributed by atoms with Gasteiger partial charge in [-0.15, -0.1) is 0 Å². The average Bonchev–Trinajstić information content (AvgIpc) is 4.25. The molecule has 0 heterocycles. The van der Waals surface area contributed by atoms with Crippen LogP contribution in [0.25, 0.3) is 89.4 Å². The quantitative estimate of drug-likeness (QED) is 0.113. The van der Waals surface area contributed by atoms with Gasteiger partial charge in [-0.25, -0.2) is 0 Å². The van der Waals surface area contributed by atoms with E-state index in [1.54, 1.807) is 0 Å². The Morgan fingerprint density at radius 2 is 0.711 bits per heavy atom. The summed E-state index contributed by atoms with van der Waals surface area (Å²) in [5.41, 5.74) is 16.5. The van der Waals surface area contributed by atoms with Crippen molar-refractivity contribution in [3.8, 4) is 44.5 Å². The third-order valence-corrected chi connectivity index (χ3v) is 44.0. The summed E-state index contributed by atoms with van der Waals surface area (Å²) in [6.07, 6.45) is 4.91. The molecule has 0 fully saturated rings. The molecular formula is C68H54BCl2HfN2O2. The van der Waals surface area contributed by atoms with Crippen LogP contribution in [0.5, 0.6) is 0 Å². The van der Waals surface area contributed by atoms with Gasteiger partial charge in [0.2, 0.25) is 0 Å². The van der Waals surface area contributed by atoms with E-state index >= 15 is 0 Å². The van der Waals surface area contributed by atoms with Crippen LogP contribution in [0.3, 0.4) is 0 Å². The third kappa shape index (κ3) is 8.43. The van der Waals surface area contributed by atoms with Gasteiger partial charge in [0, 0.05) is 0 Å². The number of amides is 2. The van der Waals surface area contributed by atoms with Crippen LogP contribution in [-0.4, -0.2) is 16.4 Å². The first-order valence-electron chi connectivity index (χ1n) is 26.3. The fourth-order valence-corrected chi connectivity index (χ4v) is 40.7. The normalized spacial score (nSPS) is 15.2. The number of allylic oxidation sites excluding steroid dienone is 2. The van der Waals surface area contributed by atoms with Gasteiger partial charge in [-0.2, -0.15) is 0 Å². The van der Waals surface area contributed by atoms with Crippen molar-refractivity contribution < 1.29 is 25.5 Å². The zero-order valence-electron chi connectivity index (χ0n) is 42.3. The summed E-state index contributed by atoms with van der Waals surface area (Å²) in [6.45, 7) is 3.64. The SMILES string of the molecule is CCC(=O)N[B](NC(=O)CC)[Hf]([Cl])([Cl])([CH]1C(c2ccccc2)=Cc2c(-c3ccccc3-c3cccc4ccccc34)cccc21)[CH]1C(c2ccccc2)=Cc2c(-c3ccccc3-c3cccc4ccccc34)cccc21. The van der Waals surface area contributed by atoms with Crippen molar-refractivity contribution in [1.29, 1.82) is 0 Å². The molecular weight excluding hydrogens is 1140 g/mol. The van der Waals surface area contributed by atoms with Crippen molar-refractivity contribution in [1.82, 2.24) is 10.5 Å². The molecule has 0 saturated heterocycles. The second-order valence-corrected chi connectivity index (χ2v) is 50.5. The molecule has 0 bridgehead atoms. The van der Waals surface area contributed by atoms with Gasteiger partial charge in [-0.1, -0.05) is 0 Å². The first kappa shape index (κ1) is 49.5. The summed E-state index contributed by atoms with van der Waals surface area (Å²) in [5, 5.41) is 11.4. The van der Waals surface area contributed by atoms with Crippen molar-refractivity contribution in [2.24, 2.45) is 0 Å². The number of halogens is 2. The molecule has 8 heteroatoms. The number of benzene rings is 10. The molecule has 10 aromatic rings. The van der Waals surface area contributed by atoms with Gasteiger partial charge in [-0.3, -0.25) is 0 Å². The Labute approximate surface area is 453 Å². The molecule has 12 rings (SSSR count). The van der Waals surface area contributed by atoms with Gasteiger partial charge in [0.05, 0.1) is 0 Å². The minimum absolute atomic E-state index is 0.161. The fourth-order valence-electron chi connectivity index (χ4n) is 12.4. The predicted octanol–water partition coefficient (Wildman–Crippen LogP) is 17.6. The molecule has 0 saturated carbocycles. The van der Waals surface area contributed by atoms with E-state index in [9.17, 15) is 26.7 Å². The molecule has 0 aliphatic heterocycles. The Balaban J connectivity index is 1.15. The zero-order chi connectivity index (χ0) is 52.0. The van der Waals surface area contributed by atoms with E-state index in [1.165, 1.54) is 21.5 Å². The van der Waals surface area contributed by atoms with Crippen LogP contribution in [0.15, 0.2) is 231 Å². The van der Waals surface area contributed by atoms with Crippen LogP contribution in [0.2, 0.25) is 0 Å².